The maximum atomic E-state index is 5.34. The summed E-state index contributed by atoms with van der Waals surface area (Å²) in [5.41, 5.74) is 8.09. The van der Waals surface area contributed by atoms with E-state index in [9.17, 15) is 0 Å². The summed E-state index contributed by atoms with van der Waals surface area (Å²) in [4.78, 5) is 10.4. The second-order valence-corrected chi connectivity index (χ2v) is 11.7. The average molecular weight is 557 g/mol. The smallest absolute Gasteiger partial charge is 0.161 e. The van der Waals surface area contributed by atoms with Crippen LogP contribution >= 0.6 is 0 Å². The van der Waals surface area contributed by atoms with Gasteiger partial charge in [0.1, 0.15) is 0 Å². The number of nitrogens with zero attached hydrogens (tertiary/aromatic N) is 2. The average Bonchev–Trinajstić information content (AvgIpc) is 3.40. The third kappa shape index (κ3) is 3.20. The number of rotatable bonds is 2. The third-order valence-electron chi connectivity index (χ3n) is 9.41. The van der Waals surface area contributed by atoms with Crippen molar-refractivity contribution in [3.8, 4) is 44.9 Å². The fourth-order valence-corrected chi connectivity index (χ4v) is 7.51. The minimum absolute atomic E-state index is 0.761. The molecule has 0 fully saturated rings. The molecule has 0 radical (unpaired) electrons. The van der Waals surface area contributed by atoms with Crippen molar-refractivity contribution in [2.24, 2.45) is 0 Å². The standard InChI is InChI=1S/C42H24N2/c1-2-11-27-23-36-28(22-26(27)10-1)14-9-19-33(36)39-29-15-3-5-17-31(29)40(32-18-6-4-16-30(32)39)42-43-24-37-34-20-7-12-25-13-8-21-35(38(25)34)41(37)44-42/h1-24H. The first kappa shape index (κ1) is 23.7. The zero-order valence-corrected chi connectivity index (χ0v) is 23.8. The Balaban J connectivity index is 1.29. The number of fused-ring (bicyclic) bond motifs is 7. The minimum Gasteiger partial charge on any atom is -0.236 e. The molecule has 2 heteroatoms. The topological polar surface area (TPSA) is 25.8 Å². The lowest BCUT2D eigenvalue weighted by atomic mass is 9.86. The highest BCUT2D eigenvalue weighted by Crippen LogP contribution is 2.48. The van der Waals surface area contributed by atoms with Gasteiger partial charge in [0, 0.05) is 22.9 Å². The van der Waals surface area contributed by atoms with Crippen LogP contribution in [-0.2, 0) is 0 Å². The Kier molecular flexibility index (Phi) is 4.75. The largest absolute Gasteiger partial charge is 0.236 e. The highest BCUT2D eigenvalue weighted by molar-refractivity contribution is 6.24. The van der Waals surface area contributed by atoms with Gasteiger partial charge in [-0.05, 0) is 82.7 Å². The normalized spacial score (nSPS) is 12.1. The molecule has 44 heavy (non-hydrogen) atoms. The summed E-state index contributed by atoms with van der Waals surface area (Å²) >= 11 is 0. The van der Waals surface area contributed by atoms with E-state index in [1.165, 1.54) is 65.3 Å². The molecule has 0 spiro atoms. The molecule has 0 amide bonds. The zero-order valence-electron chi connectivity index (χ0n) is 23.8. The van der Waals surface area contributed by atoms with Crippen LogP contribution in [0.4, 0.5) is 0 Å². The molecular weight excluding hydrogens is 532 g/mol. The predicted molar refractivity (Wildman–Crippen MR) is 185 cm³/mol. The van der Waals surface area contributed by atoms with Crippen LogP contribution in [0.3, 0.4) is 0 Å². The molecular formula is C42H24N2. The fourth-order valence-electron chi connectivity index (χ4n) is 7.51. The van der Waals surface area contributed by atoms with Gasteiger partial charge in [0.2, 0.25) is 0 Å². The van der Waals surface area contributed by atoms with Crippen LogP contribution in [0.5, 0.6) is 0 Å². The van der Waals surface area contributed by atoms with Crippen molar-refractivity contribution in [1.82, 2.24) is 9.97 Å². The minimum atomic E-state index is 0.761. The molecule has 1 aromatic heterocycles. The van der Waals surface area contributed by atoms with Gasteiger partial charge in [-0.1, -0.05) is 127 Å². The highest BCUT2D eigenvalue weighted by atomic mass is 14.9. The Bertz CT molecular complexity index is 2600. The molecule has 202 valence electrons. The first-order chi connectivity index (χ1) is 21.8. The van der Waals surface area contributed by atoms with Gasteiger partial charge in [0.15, 0.2) is 5.82 Å². The van der Waals surface area contributed by atoms with E-state index >= 15 is 0 Å². The van der Waals surface area contributed by atoms with E-state index in [1.54, 1.807) is 0 Å². The molecule has 10 rings (SSSR count). The van der Waals surface area contributed by atoms with Crippen molar-refractivity contribution >= 4 is 53.9 Å². The Morgan fingerprint density at radius 2 is 0.909 bits per heavy atom. The molecule has 0 saturated carbocycles. The van der Waals surface area contributed by atoms with Crippen LogP contribution < -0.4 is 0 Å². The Hall–Kier alpha value is -5.86. The lowest BCUT2D eigenvalue weighted by molar-refractivity contribution is 1.20. The van der Waals surface area contributed by atoms with E-state index in [-0.39, 0.29) is 0 Å². The Morgan fingerprint density at radius 3 is 1.61 bits per heavy atom. The van der Waals surface area contributed by atoms with Gasteiger partial charge in [-0.25, -0.2) is 9.97 Å². The predicted octanol–water partition coefficient (Wildman–Crippen LogP) is 11.2. The summed E-state index contributed by atoms with van der Waals surface area (Å²) in [6.45, 7) is 0. The van der Waals surface area contributed by atoms with Crippen molar-refractivity contribution in [3.05, 3.63) is 146 Å². The molecule has 1 aliphatic rings. The molecule has 0 aliphatic heterocycles. The summed E-state index contributed by atoms with van der Waals surface area (Å²) in [5.74, 6) is 0.761. The van der Waals surface area contributed by atoms with Crippen LogP contribution in [0.25, 0.3) is 98.8 Å². The maximum absolute atomic E-state index is 5.34. The van der Waals surface area contributed by atoms with E-state index in [1.807, 2.05) is 6.20 Å². The van der Waals surface area contributed by atoms with Crippen LogP contribution in [0.2, 0.25) is 0 Å². The van der Waals surface area contributed by atoms with Crippen LogP contribution in [-0.4, -0.2) is 9.97 Å². The van der Waals surface area contributed by atoms with E-state index in [0.717, 1.165) is 33.4 Å². The van der Waals surface area contributed by atoms with E-state index < -0.39 is 0 Å². The molecule has 1 heterocycles. The quantitative estimate of drug-likeness (QED) is 0.198. The lowest BCUT2D eigenvalue weighted by Gasteiger charge is -2.18. The zero-order chi connectivity index (χ0) is 28.8. The number of hydrogen-bond acceptors (Lipinski definition) is 2. The van der Waals surface area contributed by atoms with Crippen molar-refractivity contribution in [2.45, 2.75) is 0 Å². The number of hydrogen-bond donors (Lipinski definition) is 0. The van der Waals surface area contributed by atoms with E-state index in [4.69, 9.17) is 9.97 Å². The molecule has 8 aromatic carbocycles. The van der Waals surface area contributed by atoms with Crippen molar-refractivity contribution in [3.63, 3.8) is 0 Å². The van der Waals surface area contributed by atoms with Crippen molar-refractivity contribution in [2.75, 3.05) is 0 Å². The molecule has 0 atom stereocenters. The monoisotopic (exact) mass is 556 g/mol. The summed E-state index contributed by atoms with van der Waals surface area (Å²) in [5, 5.41) is 12.2. The van der Waals surface area contributed by atoms with E-state index in [0.29, 0.717) is 0 Å². The SMILES string of the molecule is c1ccc2cc3c(-c4c5ccccc5c(-c5ncc6c(n5)-c5cccc7cccc-6c57)c5ccccc45)cccc3cc2c1. The van der Waals surface area contributed by atoms with Crippen LogP contribution in [0, 0.1) is 0 Å². The number of benzene rings is 8. The fraction of sp³-hybridized carbons (Fsp3) is 0. The molecule has 0 bridgehead atoms. The summed E-state index contributed by atoms with van der Waals surface area (Å²) in [7, 11) is 0. The second-order valence-electron chi connectivity index (χ2n) is 11.7. The maximum Gasteiger partial charge on any atom is 0.161 e. The summed E-state index contributed by atoms with van der Waals surface area (Å²) < 4.78 is 0. The molecule has 0 N–H and O–H groups in total. The van der Waals surface area contributed by atoms with Gasteiger partial charge in [-0.3, -0.25) is 0 Å². The first-order valence-corrected chi connectivity index (χ1v) is 15.1. The molecule has 2 nitrogen and oxygen atoms in total. The third-order valence-corrected chi connectivity index (χ3v) is 9.41. The van der Waals surface area contributed by atoms with Crippen LogP contribution in [0.1, 0.15) is 0 Å². The second kappa shape index (κ2) is 8.82. The van der Waals surface area contributed by atoms with Gasteiger partial charge >= 0.3 is 0 Å². The van der Waals surface area contributed by atoms with Gasteiger partial charge < -0.3 is 0 Å². The van der Waals surface area contributed by atoms with Gasteiger partial charge in [-0.15, -0.1) is 0 Å². The summed E-state index contributed by atoms with van der Waals surface area (Å²) in [6.07, 6.45) is 2.03. The highest BCUT2D eigenvalue weighted by Gasteiger charge is 2.25. The summed E-state index contributed by atoms with van der Waals surface area (Å²) in [6, 6.07) is 50.5. The van der Waals surface area contributed by atoms with Crippen molar-refractivity contribution < 1.29 is 0 Å². The molecule has 0 saturated heterocycles. The lowest BCUT2D eigenvalue weighted by Crippen LogP contribution is -1.96. The van der Waals surface area contributed by atoms with E-state index in [2.05, 4.69) is 140 Å². The first-order valence-electron chi connectivity index (χ1n) is 15.1. The van der Waals surface area contributed by atoms with Gasteiger partial charge in [0.05, 0.1) is 5.69 Å². The van der Waals surface area contributed by atoms with Gasteiger partial charge in [0.25, 0.3) is 0 Å². The molecule has 9 aromatic rings. The van der Waals surface area contributed by atoms with Gasteiger partial charge in [-0.2, -0.15) is 0 Å². The van der Waals surface area contributed by atoms with Crippen LogP contribution in [0.15, 0.2) is 146 Å². The Morgan fingerprint density at radius 1 is 0.364 bits per heavy atom. The Labute approximate surface area is 253 Å². The number of aromatic nitrogens is 2. The molecule has 1 aliphatic carbocycles. The molecule has 0 unspecified atom stereocenters. The van der Waals surface area contributed by atoms with Crippen molar-refractivity contribution in [1.29, 1.82) is 0 Å².